The number of carbonyl (C=O) groups is 1. The number of piperazine rings is 1. The minimum Gasteiger partial charge on any atom is -0.444 e. The van der Waals surface area contributed by atoms with Gasteiger partial charge in [-0.3, -0.25) is 0 Å². The molecule has 28 heavy (non-hydrogen) atoms. The van der Waals surface area contributed by atoms with Gasteiger partial charge in [-0.2, -0.15) is 0 Å². The van der Waals surface area contributed by atoms with Gasteiger partial charge in [0.2, 0.25) is 0 Å². The smallest absolute Gasteiger partial charge is 0.410 e. The first-order valence-electron chi connectivity index (χ1n) is 10.8. The third kappa shape index (κ3) is 3.94. The summed E-state index contributed by atoms with van der Waals surface area (Å²) < 4.78 is 5.51. The van der Waals surface area contributed by atoms with Crippen molar-refractivity contribution in [3.05, 3.63) is 23.8 Å². The van der Waals surface area contributed by atoms with E-state index in [4.69, 9.17) is 4.74 Å². The number of fused-ring (bicyclic) bond motifs is 1. The fourth-order valence-electron chi connectivity index (χ4n) is 4.98. The second-order valence-corrected chi connectivity index (χ2v) is 9.89. The van der Waals surface area contributed by atoms with Crippen molar-refractivity contribution in [1.82, 2.24) is 4.90 Å². The summed E-state index contributed by atoms with van der Waals surface area (Å²) in [6, 6.07) is 7.66. The van der Waals surface area contributed by atoms with E-state index in [1.54, 1.807) is 0 Å². The molecule has 2 heterocycles. The van der Waals surface area contributed by atoms with Crippen LogP contribution < -0.4 is 9.80 Å². The minimum atomic E-state index is -0.437. The highest BCUT2D eigenvalue weighted by Crippen LogP contribution is 2.45. The predicted octanol–water partition coefficient (Wildman–Crippen LogP) is 4.15. The first kappa shape index (κ1) is 19.4. The van der Waals surface area contributed by atoms with Gasteiger partial charge in [-0.05, 0) is 75.6 Å². The van der Waals surface area contributed by atoms with E-state index in [2.05, 4.69) is 42.0 Å². The predicted molar refractivity (Wildman–Crippen MR) is 114 cm³/mol. The first-order chi connectivity index (χ1) is 13.2. The molecule has 2 atom stereocenters. The molecule has 0 radical (unpaired) electrons. The number of hydrogen-bond donors (Lipinski definition) is 0. The van der Waals surface area contributed by atoms with Crippen LogP contribution in [0.4, 0.5) is 16.2 Å². The Morgan fingerprint density at radius 1 is 1.11 bits per heavy atom. The van der Waals surface area contributed by atoms with Crippen molar-refractivity contribution >= 4 is 17.5 Å². The minimum absolute atomic E-state index is 0.195. The third-order valence-electron chi connectivity index (χ3n) is 6.42. The van der Waals surface area contributed by atoms with E-state index < -0.39 is 5.60 Å². The van der Waals surface area contributed by atoms with E-state index in [1.165, 1.54) is 36.2 Å². The lowest BCUT2D eigenvalue weighted by molar-refractivity contribution is 0.0240. The summed E-state index contributed by atoms with van der Waals surface area (Å²) >= 11 is 0. The molecule has 0 bridgehead atoms. The van der Waals surface area contributed by atoms with Gasteiger partial charge in [0.05, 0.1) is 0 Å². The van der Waals surface area contributed by atoms with E-state index in [-0.39, 0.29) is 6.09 Å². The maximum atomic E-state index is 12.3. The Bertz CT molecular complexity index is 730. The zero-order valence-electron chi connectivity index (χ0n) is 18.1. The molecule has 1 amide bonds. The fraction of sp³-hybridized carbons (Fsp3) is 0.696. The number of benzene rings is 1. The molecule has 1 saturated heterocycles. The van der Waals surface area contributed by atoms with Gasteiger partial charge in [0.25, 0.3) is 0 Å². The molecule has 2 aliphatic heterocycles. The van der Waals surface area contributed by atoms with Crippen molar-refractivity contribution in [1.29, 1.82) is 0 Å². The maximum absolute atomic E-state index is 12.3. The summed E-state index contributed by atoms with van der Waals surface area (Å²) in [5.41, 5.74) is 3.73. The number of nitrogens with zero attached hydrogens (tertiary/aromatic N) is 3. The van der Waals surface area contributed by atoms with E-state index in [1.807, 2.05) is 25.7 Å². The summed E-state index contributed by atoms with van der Waals surface area (Å²) in [4.78, 5) is 19.1. The van der Waals surface area contributed by atoms with Crippen molar-refractivity contribution < 1.29 is 9.53 Å². The van der Waals surface area contributed by atoms with Crippen molar-refractivity contribution in [2.75, 3.05) is 43.0 Å². The maximum Gasteiger partial charge on any atom is 0.410 e. The van der Waals surface area contributed by atoms with Crippen molar-refractivity contribution in [2.24, 2.45) is 11.8 Å². The van der Waals surface area contributed by atoms with E-state index >= 15 is 0 Å². The Kier molecular flexibility index (Phi) is 4.96. The molecule has 4 rings (SSSR count). The normalized spacial score (nSPS) is 25.5. The molecular weight excluding hydrogens is 350 g/mol. The zero-order chi connectivity index (χ0) is 20.1. The quantitative estimate of drug-likeness (QED) is 0.766. The van der Waals surface area contributed by atoms with Gasteiger partial charge in [0.15, 0.2) is 0 Å². The topological polar surface area (TPSA) is 36.0 Å². The molecule has 1 saturated carbocycles. The van der Waals surface area contributed by atoms with E-state index in [0.29, 0.717) is 25.0 Å². The van der Waals surface area contributed by atoms with Gasteiger partial charge in [0.1, 0.15) is 5.60 Å². The van der Waals surface area contributed by atoms with Crippen LogP contribution in [0.5, 0.6) is 0 Å². The van der Waals surface area contributed by atoms with Crippen LogP contribution in [0, 0.1) is 11.8 Å². The van der Waals surface area contributed by atoms with Crippen molar-refractivity contribution in [3.8, 4) is 0 Å². The highest BCUT2D eigenvalue weighted by atomic mass is 16.6. The van der Waals surface area contributed by atoms with Crippen LogP contribution in [0.15, 0.2) is 18.2 Å². The van der Waals surface area contributed by atoms with Crippen LogP contribution >= 0.6 is 0 Å². The average molecular weight is 386 g/mol. The largest absolute Gasteiger partial charge is 0.444 e. The highest BCUT2D eigenvalue weighted by Gasteiger charge is 2.40. The standard InChI is InChI=1S/C23H35N3O2/c1-16-14-18-15-19(8-9-20(18)24(5)21(16)17-6-7-17)25-10-12-26(13-11-25)22(27)28-23(2,3)4/h8-9,15-17,21H,6-7,10-14H2,1-5H3/t16-,21-/m1/s1. The molecule has 5 heteroatoms. The SMILES string of the molecule is C[C@@H]1Cc2cc(N3CCN(C(=O)OC(C)(C)C)CC3)ccc2N(C)[C@H]1C1CC1. The monoisotopic (exact) mass is 385 g/mol. The molecule has 2 fully saturated rings. The highest BCUT2D eigenvalue weighted by molar-refractivity contribution is 5.69. The summed E-state index contributed by atoms with van der Waals surface area (Å²) in [6.45, 7) is 11.3. The summed E-state index contributed by atoms with van der Waals surface area (Å²) in [5, 5.41) is 0. The van der Waals surface area contributed by atoms with Gasteiger partial charge in [-0.25, -0.2) is 4.79 Å². The Morgan fingerprint density at radius 3 is 2.39 bits per heavy atom. The Hall–Kier alpha value is -1.91. The number of carbonyl (C=O) groups excluding carboxylic acids is 1. The number of rotatable bonds is 2. The average Bonchev–Trinajstić information content (AvgIpc) is 3.45. The second kappa shape index (κ2) is 7.16. The molecule has 0 spiro atoms. The van der Waals surface area contributed by atoms with Crippen LogP contribution in [-0.2, 0) is 11.2 Å². The molecule has 1 aromatic rings. The molecular formula is C23H35N3O2. The molecule has 0 aromatic heterocycles. The van der Waals surface area contributed by atoms with Crippen LogP contribution in [0.3, 0.4) is 0 Å². The van der Waals surface area contributed by atoms with E-state index in [9.17, 15) is 4.79 Å². The van der Waals surface area contributed by atoms with Gasteiger partial charge < -0.3 is 19.4 Å². The lowest BCUT2D eigenvalue weighted by Crippen LogP contribution is -2.50. The van der Waals surface area contributed by atoms with Gasteiger partial charge in [-0.15, -0.1) is 0 Å². The lowest BCUT2D eigenvalue weighted by atomic mass is 9.84. The van der Waals surface area contributed by atoms with Crippen LogP contribution in [0.1, 0.15) is 46.1 Å². The van der Waals surface area contributed by atoms with Gasteiger partial charge in [-0.1, -0.05) is 6.92 Å². The molecule has 1 aliphatic carbocycles. The van der Waals surface area contributed by atoms with Crippen LogP contribution in [-0.4, -0.2) is 55.9 Å². The van der Waals surface area contributed by atoms with Gasteiger partial charge >= 0.3 is 6.09 Å². The Labute approximate surface area is 169 Å². The molecule has 0 N–H and O–H groups in total. The third-order valence-corrected chi connectivity index (χ3v) is 6.42. The van der Waals surface area contributed by atoms with Crippen molar-refractivity contribution in [3.63, 3.8) is 0 Å². The molecule has 1 aromatic carbocycles. The lowest BCUT2D eigenvalue weighted by Gasteiger charge is -2.42. The number of amides is 1. The van der Waals surface area contributed by atoms with E-state index in [0.717, 1.165) is 19.0 Å². The first-order valence-corrected chi connectivity index (χ1v) is 10.8. The molecule has 5 nitrogen and oxygen atoms in total. The fourth-order valence-corrected chi connectivity index (χ4v) is 4.98. The number of hydrogen-bond acceptors (Lipinski definition) is 4. The van der Waals surface area contributed by atoms with Crippen LogP contribution in [0.2, 0.25) is 0 Å². The Balaban J connectivity index is 1.41. The number of anilines is 2. The zero-order valence-corrected chi connectivity index (χ0v) is 18.1. The van der Waals surface area contributed by atoms with Crippen LogP contribution in [0.25, 0.3) is 0 Å². The Morgan fingerprint density at radius 2 is 1.79 bits per heavy atom. The number of ether oxygens (including phenoxy) is 1. The summed E-state index contributed by atoms with van der Waals surface area (Å²) in [6.07, 6.45) is 3.77. The van der Waals surface area contributed by atoms with Crippen molar-refractivity contribution in [2.45, 2.75) is 58.6 Å². The molecule has 3 aliphatic rings. The summed E-state index contributed by atoms with van der Waals surface area (Å²) in [5.74, 6) is 1.61. The second-order valence-electron chi connectivity index (χ2n) is 9.89. The summed E-state index contributed by atoms with van der Waals surface area (Å²) in [7, 11) is 2.27. The van der Waals surface area contributed by atoms with Gasteiger partial charge in [0, 0.05) is 50.6 Å². The molecule has 154 valence electrons. The molecule has 0 unspecified atom stereocenters.